The molecule has 5 nitrogen and oxygen atoms in total. The van der Waals surface area contributed by atoms with Gasteiger partial charge in [-0.15, -0.1) is 0 Å². The fourth-order valence-electron chi connectivity index (χ4n) is 1.79. The van der Waals surface area contributed by atoms with Crippen molar-refractivity contribution in [2.45, 2.75) is 27.7 Å². The van der Waals surface area contributed by atoms with Crippen LogP contribution in [0, 0.1) is 5.41 Å². The van der Waals surface area contributed by atoms with Crippen molar-refractivity contribution in [2.24, 2.45) is 16.1 Å². The minimum atomic E-state index is -0.375. The first-order chi connectivity index (χ1) is 8.32. The van der Waals surface area contributed by atoms with E-state index in [1.165, 1.54) is 0 Å². The van der Waals surface area contributed by atoms with Crippen LogP contribution in [-0.2, 0) is 4.79 Å². The molecule has 0 aromatic rings. The smallest absolute Gasteiger partial charge is 0.195 e. The highest BCUT2D eigenvalue weighted by Crippen LogP contribution is 2.19. The highest BCUT2D eigenvalue weighted by molar-refractivity contribution is 5.98. The number of rotatable bonds is 2. The summed E-state index contributed by atoms with van der Waals surface area (Å²) in [7, 11) is 0. The number of hydrogen-bond acceptors (Lipinski definition) is 3. The summed E-state index contributed by atoms with van der Waals surface area (Å²) in [4.78, 5) is 18.2. The molecule has 1 saturated heterocycles. The van der Waals surface area contributed by atoms with Gasteiger partial charge in [-0.1, -0.05) is 20.8 Å². The Bertz CT molecular complexity index is 360. The molecule has 1 aliphatic rings. The first-order valence-corrected chi connectivity index (χ1v) is 6.33. The van der Waals surface area contributed by atoms with Crippen LogP contribution in [0.4, 0.5) is 0 Å². The number of carbonyl (C=O) groups is 1. The van der Waals surface area contributed by atoms with E-state index in [-0.39, 0.29) is 11.2 Å². The number of piperazine rings is 1. The number of hydrogen-bond donors (Lipinski definition) is 2. The van der Waals surface area contributed by atoms with Gasteiger partial charge < -0.3 is 16.0 Å². The van der Waals surface area contributed by atoms with E-state index in [4.69, 9.17) is 5.73 Å². The van der Waals surface area contributed by atoms with Crippen molar-refractivity contribution >= 4 is 11.7 Å². The molecule has 0 unspecified atom stereocenters. The maximum absolute atomic E-state index is 12.0. The summed E-state index contributed by atoms with van der Waals surface area (Å²) in [6.45, 7) is 11.0. The van der Waals surface area contributed by atoms with Crippen molar-refractivity contribution in [1.82, 2.24) is 10.2 Å². The second-order valence-corrected chi connectivity index (χ2v) is 5.62. The van der Waals surface area contributed by atoms with Gasteiger partial charge in [-0.05, 0) is 6.92 Å². The molecule has 1 rings (SSSR count). The van der Waals surface area contributed by atoms with Crippen molar-refractivity contribution in [3.63, 3.8) is 0 Å². The van der Waals surface area contributed by atoms with Gasteiger partial charge in [0.25, 0.3) is 0 Å². The van der Waals surface area contributed by atoms with Gasteiger partial charge in [0, 0.05) is 43.4 Å². The molecule has 0 radical (unpaired) electrons. The van der Waals surface area contributed by atoms with E-state index >= 15 is 0 Å². The van der Waals surface area contributed by atoms with E-state index in [0.29, 0.717) is 11.5 Å². The molecule has 1 aliphatic heterocycles. The van der Waals surface area contributed by atoms with Gasteiger partial charge in [0.2, 0.25) is 0 Å². The molecule has 0 amide bonds. The molecule has 0 aliphatic carbocycles. The normalized spacial score (nSPS) is 19.0. The number of nitrogens with zero attached hydrogens (tertiary/aromatic N) is 2. The van der Waals surface area contributed by atoms with Crippen molar-refractivity contribution in [2.75, 3.05) is 26.2 Å². The zero-order valence-electron chi connectivity index (χ0n) is 11.8. The van der Waals surface area contributed by atoms with Crippen LogP contribution in [0.15, 0.2) is 16.8 Å². The Hall–Kier alpha value is -1.36. The van der Waals surface area contributed by atoms with Crippen LogP contribution in [0.2, 0.25) is 0 Å². The molecule has 1 heterocycles. The predicted octanol–water partition coefficient (Wildman–Crippen LogP) is 0.725. The van der Waals surface area contributed by atoms with Crippen molar-refractivity contribution in [1.29, 1.82) is 0 Å². The zero-order chi connectivity index (χ0) is 13.8. The van der Waals surface area contributed by atoms with Crippen LogP contribution in [0.25, 0.3) is 0 Å². The molecule has 0 atom stereocenters. The standard InChI is InChI=1S/C13H24N4O/c1-10(11(18)13(2,3)4)9-16-12(14)17-7-5-15-6-8-17/h9,15H,5-8H2,1-4H3,(H2,14,16)/b10-9+. The van der Waals surface area contributed by atoms with Crippen LogP contribution in [0.3, 0.4) is 0 Å². The largest absolute Gasteiger partial charge is 0.370 e. The summed E-state index contributed by atoms with van der Waals surface area (Å²) in [5.41, 5.74) is 6.16. The maximum atomic E-state index is 12.0. The Morgan fingerprint density at radius 2 is 1.89 bits per heavy atom. The van der Waals surface area contributed by atoms with Crippen molar-refractivity contribution in [3.05, 3.63) is 11.8 Å². The lowest BCUT2D eigenvalue weighted by Crippen LogP contribution is -2.49. The van der Waals surface area contributed by atoms with Crippen molar-refractivity contribution in [3.8, 4) is 0 Å². The first kappa shape index (κ1) is 14.7. The number of aliphatic imine (C=N–C) groups is 1. The summed E-state index contributed by atoms with van der Waals surface area (Å²) in [5, 5.41) is 3.25. The number of Topliss-reactive ketones (excluding diaryl/α,β-unsaturated/α-hetero) is 1. The van der Waals surface area contributed by atoms with E-state index in [2.05, 4.69) is 10.3 Å². The van der Waals surface area contributed by atoms with Crippen LogP contribution in [-0.4, -0.2) is 42.8 Å². The minimum Gasteiger partial charge on any atom is -0.370 e. The monoisotopic (exact) mass is 252 g/mol. The first-order valence-electron chi connectivity index (χ1n) is 6.33. The van der Waals surface area contributed by atoms with E-state index in [0.717, 1.165) is 26.2 Å². The molecule has 102 valence electrons. The average molecular weight is 252 g/mol. The molecule has 18 heavy (non-hydrogen) atoms. The molecular formula is C13H24N4O. The summed E-state index contributed by atoms with van der Waals surface area (Å²) < 4.78 is 0. The minimum absolute atomic E-state index is 0.0966. The fourth-order valence-corrected chi connectivity index (χ4v) is 1.79. The summed E-state index contributed by atoms with van der Waals surface area (Å²) in [5.74, 6) is 0.580. The van der Waals surface area contributed by atoms with Crippen LogP contribution >= 0.6 is 0 Å². The van der Waals surface area contributed by atoms with Gasteiger partial charge in [-0.3, -0.25) is 4.79 Å². The van der Waals surface area contributed by atoms with Crippen LogP contribution in [0.1, 0.15) is 27.7 Å². The van der Waals surface area contributed by atoms with E-state index < -0.39 is 0 Å². The van der Waals surface area contributed by atoms with Gasteiger partial charge >= 0.3 is 0 Å². The Morgan fingerprint density at radius 1 is 1.33 bits per heavy atom. The topological polar surface area (TPSA) is 70.7 Å². The molecule has 0 saturated carbocycles. The Balaban J connectivity index is 2.68. The third kappa shape index (κ3) is 4.14. The quantitative estimate of drug-likeness (QED) is 0.432. The van der Waals surface area contributed by atoms with Gasteiger partial charge in [0.05, 0.1) is 0 Å². The van der Waals surface area contributed by atoms with E-state index in [9.17, 15) is 4.79 Å². The van der Waals surface area contributed by atoms with Gasteiger partial charge in [0.1, 0.15) is 0 Å². The second-order valence-electron chi connectivity index (χ2n) is 5.62. The highest BCUT2D eigenvalue weighted by Gasteiger charge is 2.22. The number of carbonyl (C=O) groups excluding carboxylic acids is 1. The van der Waals surface area contributed by atoms with Crippen LogP contribution in [0.5, 0.6) is 0 Å². The zero-order valence-corrected chi connectivity index (χ0v) is 11.8. The number of allylic oxidation sites excluding steroid dienone is 1. The lowest BCUT2D eigenvalue weighted by Gasteiger charge is -2.27. The number of ketones is 1. The molecule has 3 N–H and O–H groups in total. The average Bonchev–Trinajstić information content (AvgIpc) is 2.34. The van der Waals surface area contributed by atoms with Gasteiger partial charge in [0.15, 0.2) is 11.7 Å². The van der Waals surface area contributed by atoms with Gasteiger partial charge in [-0.25, -0.2) is 4.99 Å². The van der Waals surface area contributed by atoms with Crippen molar-refractivity contribution < 1.29 is 4.79 Å². The third-order valence-corrected chi connectivity index (χ3v) is 2.87. The number of nitrogens with one attached hydrogen (secondary N) is 1. The summed E-state index contributed by atoms with van der Waals surface area (Å²) >= 11 is 0. The highest BCUT2D eigenvalue weighted by atomic mass is 16.1. The SMILES string of the molecule is C/C(=C\N=C(/N)N1CCNCC1)C(=O)C(C)(C)C. The predicted molar refractivity (Wildman–Crippen MR) is 74.3 cm³/mol. The fraction of sp³-hybridized carbons (Fsp3) is 0.692. The van der Waals surface area contributed by atoms with Crippen LogP contribution < -0.4 is 11.1 Å². The molecule has 0 aromatic carbocycles. The lowest BCUT2D eigenvalue weighted by atomic mass is 9.87. The van der Waals surface area contributed by atoms with E-state index in [1.807, 2.05) is 25.7 Å². The summed E-state index contributed by atoms with van der Waals surface area (Å²) in [6.07, 6.45) is 1.57. The van der Waals surface area contributed by atoms with E-state index in [1.54, 1.807) is 13.1 Å². The molecule has 0 aromatic heterocycles. The molecule has 0 bridgehead atoms. The number of nitrogens with two attached hydrogens (primary N) is 1. The Morgan fingerprint density at radius 3 is 2.39 bits per heavy atom. The molecular weight excluding hydrogens is 228 g/mol. The summed E-state index contributed by atoms with van der Waals surface area (Å²) in [6, 6.07) is 0. The second kappa shape index (κ2) is 6.00. The Labute approximate surface area is 109 Å². The number of guanidine groups is 1. The molecule has 0 spiro atoms. The lowest BCUT2D eigenvalue weighted by molar-refractivity contribution is -0.122. The maximum Gasteiger partial charge on any atom is 0.195 e. The van der Waals surface area contributed by atoms with Gasteiger partial charge in [-0.2, -0.15) is 0 Å². The molecule has 5 heteroatoms. The Kier molecular flexibility index (Phi) is 4.90. The third-order valence-electron chi connectivity index (χ3n) is 2.87. The molecule has 1 fully saturated rings.